The monoisotopic (exact) mass is 285 g/mol. The number of nitrogens with zero attached hydrogens (tertiary/aromatic N) is 2. The first kappa shape index (κ1) is 14.0. The van der Waals surface area contributed by atoms with Crippen molar-refractivity contribution in [2.45, 2.75) is 6.10 Å². The Bertz CT molecular complexity index is 450. The molecule has 2 rings (SSSR count). The van der Waals surface area contributed by atoms with Crippen LogP contribution < -0.4 is 16.4 Å². The van der Waals surface area contributed by atoms with Crippen LogP contribution in [0, 0.1) is 0 Å². The van der Waals surface area contributed by atoms with Crippen LogP contribution in [0.5, 0.6) is 0 Å². The Morgan fingerprint density at radius 1 is 1.68 bits per heavy atom. The standard InChI is InChI=1S/C11H19N5O2S/c1-13-10(17)8-9(12)15-19-11(8)14-5-7-6-16(2)3-4-18-7/h7,14H,3-6H2,1-2H3,(H2,12,15)(H,13,17). The number of hydrogen-bond acceptors (Lipinski definition) is 7. The second-order valence-corrected chi connectivity index (χ2v) is 5.26. The van der Waals surface area contributed by atoms with Crippen LogP contribution in [0.25, 0.3) is 0 Å². The Morgan fingerprint density at radius 2 is 2.47 bits per heavy atom. The van der Waals surface area contributed by atoms with Gasteiger partial charge in [0.1, 0.15) is 10.6 Å². The number of aromatic nitrogens is 1. The number of rotatable bonds is 4. The molecule has 4 N–H and O–H groups in total. The molecule has 106 valence electrons. The lowest BCUT2D eigenvalue weighted by atomic mass is 10.2. The Kier molecular flexibility index (Phi) is 4.56. The van der Waals surface area contributed by atoms with Gasteiger partial charge >= 0.3 is 0 Å². The minimum absolute atomic E-state index is 0.111. The quantitative estimate of drug-likeness (QED) is 0.711. The summed E-state index contributed by atoms with van der Waals surface area (Å²) in [4.78, 5) is 13.9. The molecule has 8 heteroatoms. The molecule has 1 aliphatic rings. The zero-order chi connectivity index (χ0) is 13.8. The summed E-state index contributed by atoms with van der Waals surface area (Å²) in [6, 6.07) is 0. The molecule has 0 aliphatic carbocycles. The Hall–Kier alpha value is -1.38. The number of nitrogens with one attached hydrogen (secondary N) is 2. The highest BCUT2D eigenvalue weighted by molar-refractivity contribution is 7.11. The highest BCUT2D eigenvalue weighted by Crippen LogP contribution is 2.26. The zero-order valence-corrected chi connectivity index (χ0v) is 11.9. The van der Waals surface area contributed by atoms with E-state index in [1.807, 2.05) is 0 Å². The smallest absolute Gasteiger partial charge is 0.257 e. The highest BCUT2D eigenvalue weighted by Gasteiger charge is 2.21. The fourth-order valence-electron chi connectivity index (χ4n) is 1.96. The maximum atomic E-state index is 11.7. The summed E-state index contributed by atoms with van der Waals surface area (Å²) in [6.45, 7) is 3.19. The van der Waals surface area contributed by atoms with Crippen LogP contribution in [0.2, 0.25) is 0 Å². The third-order valence-electron chi connectivity index (χ3n) is 3.00. The molecule has 0 aromatic carbocycles. The predicted octanol–water partition coefficient (Wildman–Crippen LogP) is -0.173. The molecule has 2 heterocycles. The van der Waals surface area contributed by atoms with Crippen LogP contribution in [0.4, 0.5) is 10.8 Å². The van der Waals surface area contributed by atoms with Gasteiger partial charge in [-0.15, -0.1) is 0 Å². The van der Waals surface area contributed by atoms with Gasteiger partial charge in [-0.3, -0.25) is 4.79 Å². The van der Waals surface area contributed by atoms with Gasteiger partial charge in [0.05, 0.1) is 12.7 Å². The second-order valence-electron chi connectivity index (χ2n) is 4.49. The van der Waals surface area contributed by atoms with E-state index < -0.39 is 0 Å². The van der Waals surface area contributed by atoms with Crippen molar-refractivity contribution < 1.29 is 9.53 Å². The van der Waals surface area contributed by atoms with Gasteiger partial charge in [-0.25, -0.2) is 0 Å². The Balaban J connectivity index is 1.97. The summed E-state index contributed by atoms with van der Waals surface area (Å²) in [5.41, 5.74) is 6.12. The summed E-state index contributed by atoms with van der Waals surface area (Å²) >= 11 is 1.19. The van der Waals surface area contributed by atoms with Crippen molar-refractivity contribution in [3.05, 3.63) is 5.56 Å². The topological polar surface area (TPSA) is 92.5 Å². The number of anilines is 2. The van der Waals surface area contributed by atoms with Crippen molar-refractivity contribution in [2.75, 3.05) is 51.4 Å². The van der Waals surface area contributed by atoms with Crippen LogP contribution >= 0.6 is 11.5 Å². The lowest BCUT2D eigenvalue weighted by Gasteiger charge is -2.30. The number of nitrogen functional groups attached to an aromatic ring is 1. The average molecular weight is 285 g/mol. The minimum Gasteiger partial charge on any atom is -0.382 e. The molecule has 7 nitrogen and oxygen atoms in total. The Morgan fingerprint density at radius 3 is 3.16 bits per heavy atom. The molecular formula is C11H19N5O2S. The summed E-state index contributed by atoms with van der Waals surface area (Å²) in [5, 5.41) is 6.45. The first-order chi connectivity index (χ1) is 9.11. The SMILES string of the molecule is CNC(=O)c1c(N)nsc1NCC1CN(C)CCO1. The third kappa shape index (κ3) is 3.34. The number of carbonyl (C=O) groups is 1. The van der Waals surface area contributed by atoms with E-state index in [0.29, 0.717) is 17.1 Å². The molecule has 1 atom stereocenters. The van der Waals surface area contributed by atoms with E-state index in [2.05, 4.69) is 27.0 Å². The van der Waals surface area contributed by atoms with Gasteiger partial charge in [-0.05, 0) is 18.6 Å². The molecule has 0 saturated carbocycles. The summed E-state index contributed by atoms with van der Waals surface area (Å²) in [6.07, 6.45) is 0.111. The number of amides is 1. The minimum atomic E-state index is -0.226. The van der Waals surface area contributed by atoms with Gasteiger partial charge in [-0.1, -0.05) is 0 Å². The van der Waals surface area contributed by atoms with Crippen molar-refractivity contribution in [3.63, 3.8) is 0 Å². The molecular weight excluding hydrogens is 266 g/mol. The predicted molar refractivity (Wildman–Crippen MR) is 75.6 cm³/mol. The molecule has 1 aliphatic heterocycles. The molecule has 19 heavy (non-hydrogen) atoms. The number of nitrogens with two attached hydrogens (primary N) is 1. The van der Waals surface area contributed by atoms with Gasteiger partial charge in [0.2, 0.25) is 0 Å². The maximum absolute atomic E-state index is 11.7. The first-order valence-corrected chi connectivity index (χ1v) is 6.90. The molecule has 1 fully saturated rings. The third-order valence-corrected chi connectivity index (χ3v) is 3.82. The van der Waals surface area contributed by atoms with Crippen molar-refractivity contribution in [1.82, 2.24) is 14.6 Å². The van der Waals surface area contributed by atoms with Gasteiger partial charge < -0.3 is 26.0 Å². The molecule has 1 amide bonds. The number of likely N-dealkylation sites (N-methyl/N-ethyl adjacent to an activating group) is 1. The van der Waals surface area contributed by atoms with E-state index >= 15 is 0 Å². The summed E-state index contributed by atoms with van der Waals surface area (Å²) in [7, 11) is 3.64. The van der Waals surface area contributed by atoms with E-state index in [-0.39, 0.29) is 17.8 Å². The zero-order valence-electron chi connectivity index (χ0n) is 11.1. The molecule has 1 unspecified atom stereocenters. The van der Waals surface area contributed by atoms with Gasteiger partial charge in [0, 0.05) is 26.7 Å². The molecule has 0 radical (unpaired) electrons. The van der Waals surface area contributed by atoms with Crippen LogP contribution in [0.1, 0.15) is 10.4 Å². The first-order valence-electron chi connectivity index (χ1n) is 6.13. The van der Waals surface area contributed by atoms with Crippen molar-refractivity contribution in [3.8, 4) is 0 Å². The lowest BCUT2D eigenvalue weighted by molar-refractivity contribution is -0.0117. The molecule has 1 aromatic rings. The number of morpholine rings is 1. The van der Waals surface area contributed by atoms with Gasteiger partial charge in [0.25, 0.3) is 5.91 Å². The van der Waals surface area contributed by atoms with Crippen molar-refractivity contribution in [2.24, 2.45) is 0 Å². The molecule has 1 saturated heterocycles. The lowest BCUT2D eigenvalue weighted by Crippen LogP contribution is -2.43. The number of carbonyl (C=O) groups excluding carboxylic acids is 1. The normalized spacial score (nSPS) is 20.2. The van der Waals surface area contributed by atoms with Crippen LogP contribution in [0.15, 0.2) is 0 Å². The van der Waals surface area contributed by atoms with Crippen molar-refractivity contribution >= 4 is 28.3 Å². The maximum Gasteiger partial charge on any atom is 0.257 e. The average Bonchev–Trinajstić information content (AvgIpc) is 2.77. The van der Waals surface area contributed by atoms with E-state index in [1.54, 1.807) is 7.05 Å². The van der Waals surface area contributed by atoms with Crippen LogP contribution in [-0.2, 0) is 4.74 Å². The van der Waals surface area contributed by atoms with Crippen molar-refractivity contribution in [1.29, 1.82) is 0 Å². The summed E-state index contributed by atoms with van der Waals surface area (Å²) < 4.78 is 9.66. The van der Waals surface area contributed by atoms with E-state index in [1.165, 1.54) is 11.5 Å². The molecule has 0 bridgehead atoms. The number of hydrogen-bond donors (Lipinski definition) is 3. The largest absolute Gasteiger partial charge is 0.382 e. The van der Waals surface area contributed by atoms with E-state index in [0.717, 1.165) is 19.7 Å². The molecule has 1 aromatic heterocycles. The highest BCUT2D eigenvalue weighted by atomic mass is 32.1. The summed E-state index contributed by atoms with van der Waals surface area (Å²) in [5.74, 6) is 0.0314. The fraction of sp³-hybridized carbons (Fsp3) is 0.636. The number of ether oxygens (including phenoxy) is 1. The fourth-order valence-corrected chi connectivity index (χ4v) is 2.68. The van der Waals surface area contributed by atoms with Crippen LogP contribution in [-0.4, -0.2) is 61.6 Å². The molecule has 0 spiro atoms. The van der Waals surface area contributed by atoms with Crippen LogP contribution in [0.3, 0.4) is 0 Å². The Labute approximate surface area is 116 Å². The van der Waals surface area contributed by atoms with Gasteiger partial charge in [-0.2, -0.15) is 4.37 Å². The van der Waals surface area contributed by atoms with E-state index in [9.17, 15) is 4.79 Å². The second kappa shape index (κ2) is 6.18. The van der Waals surface area contributed by atoms with E-state index in [4.69, 9.17) is 10.5 Å². The van der Waals surface area contributed by atoms with Gasteiger partial charge in [0.15, 0.2) is 5.82 Å².